The number of benzene rings is 1. The summed E-state index contributed by atoms with van der Waals surface area (Å²) in [5.41, 5.74) is 3.81. The number of carbonyl (C=O) groups is 1. The van der Waals surface area contributed by atoms with E-state index in [0.29, 0.717) is 11.1 Å². The van der Waals surface area contributed by atoms with E-state index in [1.54, 1.807) is 18.5 Å². The number of anilines is 1. The lowest BCUT2D eigenvalue weighted by molar-refractivity contribution is -0.113. The molecule has 0 aliphatic rings. The molecule has 3 rings (SSSR count). The first-order valence-electron chi connectivity index (χ1n) is 7.92. The van der Waals surface area contributed by atoms with Crippen molar-refractivity contribution < 1.29 is 9.21 Å². The van der Waals surface area contributed by atoms with Crippen LogP contribution in [0.3, 0.4) is 0 Å². The average Bonchev–Trinajstić information content (AvgIpc) is 3.11. The van der Waals surface area contributed by atoms with Crippen LogP contribution in [0.5, 0.6) is 0 Å². The molecule has 0 saturated carbocycles. The molecule has 25 heavy (non-hydrogen) atoms. The maximum absolute atomic E-state index is 12.3. The van der Waals surface area contributed by atoms with Gasteiger partial charge in [-0.05, 0) is 36.6 Å². The van der Waals surface area contributed by atoms with E-state index in [9.17, 15) is 4.79 Å². The van der Waals surface area contributed by atoms with Crippen molar-refractivity contribution in [3.63, 3.8) is 0 Å². The van der Waals surface area contributed by atoms with E-state index in [1.807, 2.05) is 31.2 Å². The Balaban J connectivity index is 1.61. The molecule has 0 unspecified atom stereocenters. The molecule has 1 amide bonds. The maximum atomic E-state index is 12.3. The van der Waals surface area contributed by atoms with Crippen LogP contribution in [0, 0.1) is 6.92 Å². The maximum Gasteiger partial charge on any atom is 0.277 e. The Morgan fingerprint density at radius 2 is 2.12 bits per heavy atom. The highest BCUT2D eigenvalue weighted by Crippen LogP contribution is 2.24. The highest BCUT2D eigenvalue weighted by Gasteiger charge is 2.13. The molecule has 128 valence electrons. The van der Waals surface area contributed by atoms with Crippen molar-refractivity contribution in [2.24, 2.45) is 0 Å². The van der Waals surface area contributed by atoms with E-state index in [2.05, 4.69) is 27.4 Å². The molecule has 0 saturated heterocycles. The van der Waals surface area contributed by atoms with Gasteiger partial charge in [0.15, 0.2) is 0 Å². The number of aryl methyl sites for hydroxylation is 2. The number of thioether (sulfide) groups is 1. The van der Waals surface area contributed by atoms with Crippen LogP contribution in [0.2, 0.25) is 0 Å². The van der Waals surface area contributed by atoms with Crippen LogP contribution in [-0.4, -0.2) is 26.8 Å². The smallest absolute Gasteiger partial charge is 0.277 e. The summed E-state index contributed by atoms with van der Waals surface area (Å²) < 4.78 is 5.56. The first kappa shape index (κ1) is 17.2. The van der Waals surface area contributed by atoms with Crippen molar-refractivity contribution in [2.45, 2.75) is 25.5 Å². The number of pyridine rings is 1. The Kier molecular flexibility index (Phi) is 5.45. The second-order valence-electron chi connectivity index (χ2n) is 5.41. The first-order valence-corrected chi connectivity index (χ1v) is 8.91. The molecule has 0 aliphatic heterocycles. The van der Waals surface area contributed by atoms with Gasteiger partial charge in [0, 0.05) is 18.1 Å². The molecular formula is C18H18N4O2S. The molecule has 2 aromatic heterocycles. The molecule has 0 spiro atoms. The zero-order chi connectivity index (χ0) is 17.6. The number of nitrogens with one attached hydrogen (secondary N) is 1. The molecule has 0 atom stereocenters. The van der Waals surface area contributed by atoms with Gasteiger partial charge >= 0.3 is 0 Å². The van der Waals surface area contributed by atoms with Crippen LogP contribution < -0.4 is 5.32 Å². The highest BCUT2D eigenvalue weighted by atomic mass is 32.2. The van der Waals surface area contributed by atoms with Crippen molar-refractivity contribution in [2.75, 3.05) is 11.1 Å². The largest absolute Gasteiger partial charge is 0.411 e. The number of hydrogen-bond acceptors (Lipinski definition) is 6. The summed E-state index contributed by atoms with van der Waals surface area (Å²) in [5, 5.41) is 11.3. The van der Waals surface area contributed by atoms with Crippen molar-refractivity contribution >= 4 is 23.4 Å². The molecule has 7 heteroatoms. The third-order valence-corrected chi connectivity index (χ3v) is 4.46. The van der Waals surface area contributed by atoms with E-state index in [1.165, 1.54) is 11.8 Å². The quantitative estimate of drug-likeness (QED) is 0.679. The Morgan fingerprint density at radius 3 is 2.88 bits per heavy atom. The van der Waals surface area contributed by atoms with Gasteiger partial charge in [-0.2, -0.15) is 0 Å². The van der Waals surface area contributed by atoms with E-state index >= 15 is 0 Å². The summed E-state index contributed by atoms with van der Waals surface area (Å²) in [6, 6.07) is 9.64. The minimum Gasteiger partial charge on any atom is -0.411 e. The van der Waals surface area contributed by atoms with Gasteiger partial charge in [-0.15, -0.1) is 10.2 Å². The van der Waals surface area contributed by atoms with Crippen LogP contribution in [0.4, 0.5) is 5.69 Å². The molecule has 0 radical (unpaired) electrons. The Bertz CT molecular complexity index is 865. The zero-order valence-electron chi connectivity index (χ0n) is 14.0. The zero-order valence-corrected chi connectivity index (χ0v) is 14.8. The lowest BCUT2D eigenvalue weighted by Gasteiger charge is -2.12. The van der Waals surface area contributed by atoms with Gasteiger partial charge in [-0.25, -0.2) is 0 Å². The molecule has 1 aromatic carbocycles. The minimum atomic E-state index is -0.102. The summed E-state index contributed by atoms with van der Waals surface area (Å²) in [7, 11) is 0. The Morgan fingerprint density at radius 1 is 1.24 bits per heavy atom. The van der Waals surface area contributed by atoms with Crippen molar-refractivity contribution in [3.8, 4) is 11.5 Å². The summed E-state index contributed by atoms with van der Waals surface area (Å²) in [6.07, 6.45) is 4.19. The van der Waals surface area contributed by atoms with Crippen LogP contribution in [0.15, 0.2) is 52.4 Å². The standard InChI is InChI=1S/C18H18N4O2S/c1-3-13-7-4-6-12(2)16(13)20-15(23)11-25-18-22-21-17(24-18)14-8-5-9-19-10-14/h4-10H,3,11H2,1-2H3,(H,20,23). The molecule has 2 heterocycles. The third kappa shape index (κ3) is 4.24. The summed E-state index contributed by atoms with van der Waals surface area (Å²) in [6.45, 7) is 4.05. The monoisotopic (exact) mass is 354 g/mol. The van der Waals surface area contributed by atoms with Crippen LogP contribution in [-0.2, 0) is 11.2 Å². The minimum absolute atomic E-state index is 0.102. The van der Waals surface area contributed by atoms with Crippen LogP contribution in [0.1, 0.15) is 18.1 Å². The highest BCUT2D eigenvalue weighted by molar-refractivity contribution is 7.99. The number of aromatic nitrogens is 3. The first-order chi connectivity index (χ1) is 12.2. The van der Waals surface area contributed by atoms with Crippen LogP contribution in [0.25, 0.3) is 11.5 Å². The van der Waals surface area contributed by atoms with E-state index < -0.39 is 0 Å². The summed E-state index contributed by atoms with van der Waals surface area (Å²) in [4.78, 5) is 16.3. The van der Waals surface area contributed by atoms with Gasteiger partial charge in [-0.3, -0.25) is 9.78 Å². The van der Waals surface area contributed by atoms with Gasteiger partial charge < -0.3 is 9.73 Å². The predicted octanol–water partition coefficient (Wildman–Crippen LogP) is 3.73. The number of carbonyl (C=O) groups excluding carboxylic acids is 1. The molecule has 1 N–H and O–H groups in total. The fourth-order valence-electron chi connectivity index (χ4n) is 2.38. The number of amides is 1. The van der Waals surface area contributed by atoms with Gasteiger partial charge in [0.05, 0.1) is 11.3 Å². The van der Waals surface area contributed by atoms with Gasteiger partial charge in [0.2, 0.25) is 11.8 Å². The van der Waals surface area contributed by atoms with Crippen molar-refractivity contribution in [1.29, 1.82) is 0 Å². The second-order valence-corrected chi connectivity index (χ2v) is 6.34. The fourth-order valence-corrected chi connectivity index (χ4v) is 2.94. The van der Waals surface area contributed by atoms with Gasteiger partial charge in [0.25, 0.3) is 5.22 Å². The second kappa shape index (κ2) is 7.94. The van der Waals surface area contributed by atoms with Gasteiger partial charge in [0.1, 0.15) is 0 Å². The SMILES string of the molecule is CCc1cccc(C)c1NC(=O)CSc1nnc(-c2cccnc2)o1. The Labute approximate surface area is 150 Å². The molecule has 0 fully saturated rings. The number of para-hydroxylation sites is 1. The van der Waals surface area contributed by atoms with E-state index in [4.69, 9.17) is 4.42 Å². The molecular weight excluding hydrogens is 336 g/mol. The number of hydrogen-bond donors (Lipinski definition) is 1. The molecule has 6 nitrogen and oxygen atoms in total. The molecule has 3 aromatic rings. The van der Waals surface area contributed by atoms with E-state index in [0.717, 1.165) is 28.8 Å². The van der Waals surface area contributed by atoms with Gasteiger partial charge in [-0.1, -0.05) is 36.9 Å². The normalized spacial score (nSPS) is 10.6. The third-order valence-electron chi connectivity index (χ3n) is 3.65. The Hall–Kier alpha value is -2.67. The van der Waals surface area contributed by atoms with Crippen LogP contribution >= 0.6 is 11.8 Å². The number of nitrogens with zero attached hydrogens (tertiary/aromatic N) is 3. The summed E-state index contributed by atoms with van der Waals surface area (Å²) in [5.74, 6) is 0.491. The topological polar surface area (TPSA) is 80.9 Å². The fraction of sp³-hybridized carbons (Fsp3) is 0.222. The lowest BCUT2D eigenvalue weighted by Crippen LogP contribution is -2.16. The molecule has 0 aliphatic carbocycles. The average molecular weight is 354 g/mol. The predicted molar refractivity (Wildman–Crippen MR) is 97.4 cm³/mol. The van der Waals surface area contributed by atoms with Crippen molar-refractivity contribution in [3.05, 3.63) is 53.9 Å². The van der Waals surface area contributed by atoms with Crippen molar-refractivity contribution in [1.82, 2.24) is 15.2 Å². The summed E-state index contributed by atoms with van der Waals surface area (Å²) >= 11 is 1.21. The number of rotatable bonds is 6. The molecule has 0 bridgehead atoms. The lowest BCUT2D eigenvalue weighted by atomic mass is 10.1. The van der Waals surface area contributed by atoms with E-state index in [-0.39, 0.29) is 11.7 Å².